The van der Waals surface area contributed by atoms with Gasteiger partial charge in [-0.2, -0.15) is 0 Å². The van der Waals surface area contributed by atoms with Crippen LogP contribution in [-0.4, -0.2) is 32.2 Å². The predicted octanol–water partition coefficient (Wildman–Crippen LogP) is 4.31. The molecule has 7 nitrogen and oxygen atoms in total. The highest BCUT2D eigenvalue weighted by molar-refractivity contribution is 7.21. The number of hydrogen-bond donors (Lipinski definition) is 2. The molecule has 2 aromatic carbocycles. The van der Waals surface area contributed by atoms with Crippen LogP contribution in [0.5, 0.6) is 17.2 Å². The quantitative estimate of drug-likeness (QED) is 0.510. The fourth-order valence-corrected chi connectivity index (χ4v) is 4.07. The summed E-state index contributed by atoms with van der Waals surface area (Å²) >= 11 is 1.25. The molecule has 0 unspecified atom stereocenters. The van der Waals surface area contributed by atoms with Crippen molar-refractivity contribution in [3.63, 3.8) is 0 Å². The minimum absolute atomic E-state index is 0.294. The minimum atomic E-state index is -0.294. The fourth-order valence-electron chi connectivity index (χ4n) is 3.09. The molecule has 0 atom stereocenters. The molecule has 0 spiro atoms. The van der Waals surface area contributed by atoms with Crippen LogP contribution in [0, 0.1) is 0 Å². The van der Waals surface area contributed by atoms with Crippen LogP contribution in [0.1, 0.15) is 9.67 Å². The number of thiophene rings is 1. The number of nitrogens with zero attached hydrogens (tertiary/aromatic N) is 1. The second-order valence-electron chi connectivity index (χ2n) is 6.27. The summed E-state index contributed by atoms with van der Waals surface area (Å²) in [5.74, 6) is 1.55. The number of nitrogens with two attached hydrogens (primary N) is 1. The summed E-state index contributed by atoms with van der Waals surface area (Å²) < 4.78 is 15.9. The highest BCUT2D eigenvalue weighted by Crippen LogP contribution is 2.38. The Hall–Kier alpha value is -3.52. The van der Waals surface area contributed by atoms with E-state index in [1.807, 2.05) is 18.2 Å². The lowest BCUT2D eigenvalue weighted by Crippen LogP contribution is -2.11. The third-order valence-corrected chi connectivity index (χ3v) is 5.67. The summed E-state index contributed by atoms with van der Waals surface area (Å²) in [6.07, 6.45) is 0. The molecule has 0 aliphatic rings. The van der Waals surface area contributed by atoms with E-state index in [0.29, 0.717) is 38.3 Å². The number of methoxy groups -OCH3 is 3. The molecule has 0 radical (unpaired) electrons. The first-order valence-corrected chi connectivity index (χ1v) is 9.56. The Morgan fingerprint density at radius 2 is 1.79 bits per heavy atom. The van der Waals surface area contributed by atoms with Crippen LogP contribution in [-0.2, 0) is 0 Å². The van der Waals surface area contributed by atoms with Gasteiger partial charge >= 0.3 is 0 Å². The molecular weight excluding hydrogens is 390 g/mol. The van der Waals surface area contributed by atoms with Crippen LogP contribution < -0.4 is 25.3 Å². The van der Waals surface area contributed by atoms with Crippen molar-refractivity contribution in [3.05, 3.63) is 47.3 Å². The molecule has 2 heterocycles. The van der Waals surface area contributed by atoms with E-state index in [4.69, 9.17) is 19.9 Å². The van der Waals surface area contributed by atoms with Gasteiger partial charge in [0.1, 0.15) is 15.5 Å². The Morgan fingerprint density at radius 1 is 1.03 bits per heavy atom. The number of ether oxygens (including phenoxy) is 3. The molecule has 0 saturated heterocycles. The molecule has 4 rings (SSSR count). The first-order valence-electron chi connectivity index (χ1n) is 8.74. The number of hydrogen-bond acceptors (Lipinski definition) is 7. The van der Waals surface area contributed by atoms with Crippen molar-refractivity contribution in [3.8, 4) is 17.2 Å². The molecular formula is C21H19N3O4S. The van der Waals surface area contributed by atoms with Gasteiger partial charge in [-0.15, -0.1) is 11.3 Å². The van der Waals surface area contributed by atoms with Crippen LogP contribution >= 0.6 is 11.3 Å². The molecule has 2 aromatic heterocycles. The molecule has 0 bridgehead atoms. The van der Waals surface area contributed by atoms with E-state index in [-0.39, 0.29) is 5.91 Å². The lowest BCUT2D eigenvalue weighted by molar-refractivity contribution is 0.103. The SMILES string of the molecule is COc1cccc(NC(=O)c2sc3nc4cc(OC)c(OC)cc4cc3c2N)c1. The van der Waals surface area contributed by atoms with Crippen molar-refractivity contribution in [2.45, 2.75) is 0 Å². The predicted molar refractivity (Wildman–Crippen MR) is 116 cm³/mol. The van der Waals surface area contributed by atoms with Crippen LogP contribution in [0.3, 0.4) is 0 Å². The van der Waals surface area contributed by atoms with Crippen molar-refractivity contribution in [1.29, 1.82) is 0 Å². The van der Waals surface area contributed by atoms with Gasteiger partial charge in [0.2, 0.25) is 0 Å². The fraction of sp³-hybridized carbons (Fsp3) is 0.143. The molecule has 1 amide bonds. The molecule has 29 heavy (non-hydrogen) atoms. The second-order valence-corrected chi connectivity index (χ2v) is 7.27. The van der Waals surface area contributed by atoms with Gasteiger partial charge in [-0.1, -0.05) is 6.07 Å². The smallest absolute Gasteiger partial charge is 0.267 e. The third kappa shape index (κ3) is 3.38. The molecule has 148 valence electrons. The van der Waals surface area contributed by atoms with Crippen LogP contribution in [0.4, 0.5) is 11.4 Å². The van der Waals surface area contributed by atoms with E-state index < -0.39 is 0 Å². The maximum Gasteiger partial charge on any atom is 0.267 e. The van der Waals surface area contributed by atoms with E-state index >= 15 is 0 Å². The van der Waals surface area contributed by atoms with Gasteiger partial charge in [-0.3, -0.25) is 4.79 Å². The Morgan fingerprint density at radius 3 is 2.52 bits per heavy atom. The topological polar surface area (TPSA) is 95.7 Å². The summed E-state index contributed by atoms with van der Waals surface area (Å²) in [6, 6.07) is 12.7. The number of aromatic nitrogens is 1. The van der Waals surface area contributed by atoms with Crippen LogP contribution in [0.2, 0.25) is 0 Å². The van der Waals surface area contributed by atoms with Crippen molar-refractivity contribution < 1.29 is 19.0 Å². The van der Waals surface area contributed by atoms with Gasteiger partial charge in [-0.25, -0.2) is 4.98 Å². The monoisotopic (exact) mass is 409 g/mol. The Kier molecular flexibility index (Phi) is 4.85. The number of carbonyl (C=O) groups is 1. The maximum absolute atomic E-state index is 12.8. The number of fused-ring (bicyclic) bond motifs is 2. The number of nitrogen functional groups attached to an aromatic ring is 1. The Labute approximate surface area is 171 Å². The second kappa shape index (κ2) is 7.48. The number of nitrogens with one attached hydrogen (secondary N) is 1. The third-order valence-electron chi connectivity index (χ3n) is 4.55. The maximum atomic E-state index is 12.8. The van der Waals surface area contributed by atoms with E-state index in [2.05, 4.69) is 10.3 Å². The first-order chi connectivity index (χ1) is 14.0. The molecule has 8 heteroatoms. The van der Waals surface area contributed by atoms with Gasteiger partial charge in [0.05, 0.1) is 32.5 Å². The number of pyridine rings is 1. The number of rotatable bonds is 5. The number of amides is 1. The summed E-state index contributed by atoms with van der Waals surface area (Å²) in [6.45, 7) is 0. The van der Waals surface area contributed by atoms with Gasteiger partial charge in [-0.05, 0) is 24.3 Å². The Bertz CT molecular complexity index is 1240. The van der Waals surface area contributed by atoms with Crippen molar-refractivity contribution in [1.82, 2.24) is 4.98 Å². The summed E-state index contributed by atoms with van der Waals surface area (Å²) in [7, 11) is 4.73. The summed E-state index contributed by atoms with van der Waals surface area (Å²) in [5, 5.41) is 4.43. The lowest BCUT2D eigenvalue weighted by atomic mass is 10.1. The zero-order valence-corrected chi connectivity index (χ0v) is 16.9. The summed E-state index contributed by atoms with van der Waals surface area (Å²) in [5.41, 5.74) is 8.05. The standard InChI is InChI=1S/C21H19N3O4S/c1-26-13-6-4-5-12(9-13)23-20(25)19-18(22)14-7-11-8-16(27-2)17(28-3)10-15(11)24-21(14)29-19/h4-10H,22H2,1-3H3,(H,23,25). The van der Waals surface area contributed by atoms with Crippen molar-refractivity contribution in [2.75, 3.05) is 32.4 Å². The van der Waals surface area contributed by atoms with Crippen molar-refractivity contribution >= 4 is 49.7 Å². The molecule has 0 aliphatic carbocycles. The zero-order valence-electron chi connectivity index (χ0n) is 16.1. The van der Waals surface area contributed by atoms with E-state index in [9.17, 15) is 4.79 Å². The van der Waals surface area contributed by atoms with Crippen molar-refractivity contribution in [2.24, 2.45) is 0 Å². The highest BCUT2D eigenvalue weighted by atomic mass is 32.1. The normalized spacial score (nSPS) is 10.9. The molecule has 3 N–H and O–H groups in total. The van der Waals surface area contributed by atoms with E-state index in [0.717, 1.165) is 16.3 Å². The molecule has 0 aliphatic heterocycles. The largest absolute Gasteiger partial charge is 0.497 e. The lowest BCUT2D eigenvalue weighted by Gasteiger charge is -2.08. The number of benzene rings is 2. The van der Waals surface area contributed by atoms with Gasteiger partial charge in [0, 0.05) is 28.6 Å². The number of carbonyl (C=O) groups excluding carboxylic acids is 1. The Balaban J connectivity index is 1.76. The number of anilines is 2. The molecule has 4 aromatic rings. The minimum Gasteiger partial charge on any atom is -0.497 e. The average molecular weight is 409 g/mol. The van der Waals surface area contributed by atoms with E-state index in [1.165, 1.54) is 11.3 Å². The van der Waals surface area contributed by atoms with Gasteiger partial charge in [0.25, 0.3) is 5.91 Å². The molecule has 0 saturated carbocycles. The summed E-state index contributed by atoms with van der Waals surface area (Å²) in [4.78, 5) is 18.6. The van der Waals surface area contributed by atoms with Gasteiger partial charge < -0.3 is 25.3 Å². The van der Waals surface area contributed by atoms with Crippen LogP contribution in [0.25, 0.3) is 21.1 Å². The zero-order chi connectivity index (χ0) is 20.5. The first kappa shape index (κ1) is 18.8. The van der Waals surface area contributed by atoms with Crippen LogP contribution in [0.15, 0.2) is 42.5 Å². The average Bonchev–Trinajstić information content (AvgIpc) is 3.06. The van der Waals surface area contributed by atoms with E-state index in [1.54, 1.807) is 45.6 Å². The molecule has 0 fully saturated rings. The van der Waals surface area contributed by atoms with Gasteiger partial charge in [0.15, 0.2) is 11.5 Å². The highest BCUT2D eigenvalue weighted by Gasteiger charge is 2.19.